The number of carbonyl (C=O) groups excluding carboxylic acids is 1. The highest BCUT2D eigenvalue weighted by Gasteiger charge is 2.29. The summed E-state index contributed by atoms with van der Waals surface area (Å²) in [5, 5.41) is 10.3. The van der Waals surface area contributed by atoms with Crippen molar-refractivity contribution in [1.82, 2.24) is 9.21 Å². The molecular weight excluding hydrogens is 292 g/mol. The number of likely N-dealkylation sites (N-methyl/N-ethyl adjacent to an activating group) is 2. The summed E-state index contributed by atoms with van der Waals surface area (Å²) in [6, 6.07) is 1.22. The third kappa shape index (κ3) is 3.31. The highest BCUT2D eigenvalue weighted by molar-refractivity contribution is 7.89. The normalized spacial score (nSPS) is 11.6. The summed E-state index contributed by atoms with van der Waals surface area (Å²) in [7, 11) is 0.272. The van der Waals surface area contributed by atoms with Gasteiger partial charge in [-0.3, -0.25) is 4.79 Å². The lowest BCUT2D eigenvalue weighted by atomic mass is 10.5. The minimum atomic E-state index is -3.98. The molecule has 0 aromatic carbocycles. The lowest BCUT2D eigenvalue weighted by molar-refractivity contribution is -0.128. The Kier molecular flexibility index (Phi) is 4.66. The van der Waals surface area contributed by atoms with Crippen LogP contribution in [0.5, 0.6) is 0 Å². The molecule has 1 aromatic rings. The molecule has 0 saturated heterocycles. The van der Waals surface area contributed by atoms with Gasteiger partial charge in [-0.15, -0.1) is 11.3 Å². The minimum absolute atomic E-state index is 0.260. The third-order valence-electron chi connectivity index (χ3n) is 2.37. The van der Waals surface area contributed by atoms with E-state index >= 15 is 0 Å². The van der Waals surface area contributed by atoms with Crippen LogP contribution in [-0.4, -0.2) is 62.3 Å². The summed E-state index contributed by atoms with van der Waals surface area (Å²) in [6.45, 7) is -0.343. The summed E-state index contributed by atoms with van der Waals surface area (Å²) in [5.41, 5.74) is 0. The molecule has 0 atom stereocenters. The topological polar surface area (TPSA) is 95.0 Å². The summed E-state index contributed by atoms with van der Waals surface area (Å²) in [4.78, 5) is 23.1. The molecule has 1 aromatic heterocycles. The maximum absolute atomic E-state index is 12.2. The van der Waals surface area contributed by atoms with E-state index in [1.807, 2.05) is 0 Å². The Morgan fingerprint density at radius 3 is 2.37 bits per heavy atom. The number of rotatable bonds is 5. The maximum Gasteiger partial charge on any atom is 0.347 e. The Labute approximate surface area is 115 Å². The zero-order chi connectivity index (χ0) is 14.8. The van der Waals surface area contributed by atoms with Crippen LogP contribution in [0.15, 0.2) is 16.3 Å². The van der Waals surface area contributed by atoms with E-state index in [4.69, 9.17) is 5.11 Å². The van der Waals surface area contributed by atoms with E-state index in [1.54, 1.807) is 0 Å². The fourth-order valence-corrected chi connectivity index (χ4v) is 3.59. The molecule has 0 aliphatic heterocycles. The molecule has 1 N–H and O–H groups in total. The van der Waals surface area contributed by atoms with Gasteiger partial charge in [-0.2, -0.15) is 4.31 Å². The molecule has 0 spiro atoms. The predicted octanol–water partition coefficient (Wildman–Crippen LogP) is 0.155. The molecular formula is C10H14N2O5S2. The van der Waals surface area contributed by atoms with E-state index in [-0.39, 0.29) is 16.3 Å². The van der Waals surface area contributed by atoms with Crippen LogP contribution in [0, 0.1) is 0 Å². The number of nitrogens with zero attached hydrogens (tertiary/aromatic N) is 2. The zero-order valence-electron chi connectivity index (χ0n) is 10.7. The van der Waals surface area contributed by atoms with E-state index in [0.29, 0.717) is 0 Å². The lowest BCUT2D eigenvalue weighted by Crippen LogP contribution is -2.38. The van der Waals surface area contributed by atoms with Crippen LogP contribution in [0.1, 0.15) is 9.67 Å². The van der Waals surface area contributed by atoms with Gasteiger partial charge in [-0.05, 0) is 11.4 Å². The molecule has 0 bridgehead atoms. The maximum atomic E-state index is 12.2. The van der Waals surface area contributed by atoms with Gasteiger partial charge in [0.25, 0.3) is 0 Å². The smallest absolute Gasteiger partial charge is 0.347 e. The number of carbonyl (C=O) groups is 2. The number of aromatic carboxylic acids is 1. The third-order valence-corrected chi connectivity index (χ3v) is 5.25. The fraction of sp³-hybridized carbons (Fsp3) is 0.400. The second kappa shape index (κ2) is 5.68. The van der Waals surface area contributed by atoms with Gasteiger partial charge in [0.2, 0.25) is 15.9 Å². The van der Waals surface area contributed by atoms with Crippen molar-refractivity contribution in [3.8, 4) is 0 Å². The van der Waals surface area contributed by atoms with Crippen molar-refractivity contribution in [2.45, 2.75) is 4.90 Å². The number of carboxylic acids is 1. The molecule has 0 radical (unpaired) electrons. The molecule has 0 aliphatic carbocycles. The molecule has 9 heteroatoms. The summed E-state index contributed by atoms with van der Waals surface area (Å²) >= 11 is 0.826. The first-order valence-electron chi connectivity index (χ1n) is 5.15. The SMILES string of the molecule is CN(C)C(=O)CN(C)S(=O)(=O)c1ccsc1C(=O)O. The minimum Gasteiger partial charge on any atom is -0.477 e. The summed E-state index contributed by atoms with van der Waals surface area (Å²) in [5.74, 6) is -1.70. The van der Waals surface area contributed by atoms with Crippen molar-refractivity contribution >= 4 is 33.2 Å². The van der Waals surface area contributed by atoms with Crippen LogP contribution in [0.3, 0.4) is 0 Å². The molecule has 7 nitrogen and oxygen atoms in total. The van der Waals surface area contributed by atoms with Crippen LogP contribution in [0.2, 0.25) is 0 Å². The second-order valence-electron chi connectivity index (χ2n) is 3.97. The van der Waals surface area contributed by atoms with Crippen LogP contribution in [0.25, 0.3) is 0 Å². The standard InChI is InChI=1S/C10H14N2O5S2/c1-11(2)8(13)6-12(3)19(16,17)7-4-5-18-9(7)10(14)15/h4-5H,6H2,1-3H3,(H,14,15). The first-order valence-corrected chi connectivity index (χ1v) is 7.47. The van der Waals surface area contributed by atoms with E-state index in [2.05, 4.69) is 0 Å². The van der Waals surface area contributed by atoms with Crippen LogP contribution >= 0.6 is 11.3 Å². The van der Waals surface area contributed by atoms with Gasteiger partial charge in [0.15, 0.2) is 0 Å². The van der Waals surface area contributed by atoms with E-state index in [9.17, 15) is 18.0 Å². The molecule has 0 aliphatic rings. The van der Waals surface area contributed by atoms with Crippen molar-refractivity contribution in [1.29, 1.82) is 0 Å². The Balaban J connectivity index is 3.07. The Morgan fingerprint density at radius 2 is 1.89 bits per heavy atom. The molecule has 0 saturated carbocycles. The van der Waals surface area contributed by atoms with Crippen LogP contribution < -0.4 is 0 Å². The summed E-state index contributed by atoms with van der Waals surface area (Å²) in [6.07, 6.45) is 0. The van der Waals surface area contributed by atoms with Crippen molar-refractivity contribution in [3.05, 3.63) is 16.3 Å². The average Bonchev–Trinajstić information content (AvgIpc) is 2.77. The molecule has 0 fully saturated rings. The Hall–Kier alpha value is -1.45. The van der Waals surface area contributed by atoms with Gasteiger partial charge in [0, 0.05) is 21.1 Å². The van der Waals surface area contributed by atoms with Gasteiger partial charge in [-0.1, -0.05) is 0 Å². The summed E-state index contributed by atoms with van der Waals surface area (Å²) < 4.78 is 25.2. The number of sulfonamides is 1. The molecule has 106 valence electrons. The Morgan fingerprint density at radius 1 is 1.32 bits per heavy atom. The second-order valence-corrected chi connectivity index (χ2v) is 6.90. The molecule has 0 unspecified atom stereocenters. The van der Waals surface area contributed by atoms with Crippen molar-refractivity contribution < 1.29 is 23.1 Å². The van der Waals surface area contributed by atoms with Gasteiger partial charge in [0.05, 0.1) is 6.54 Å². The number of carboxylic acid groups (broad SMARTS) is 1. The van der Waals surface area contributed by atoms with Gasteiger partial charge in [0.1, 0.15) is 9.77 Å². The quantitative estimate of drug-likeness (QED) is 0.836. The van der Waals surface area contributed by atoms with Crippen molar-refractivity contribution in [2.24, 2.45) is 0 Å². The van der Waals surface area contributed by atoms with Gasteiger partial charge >= 0.3 is 5.97 Å². The largest absolute Gasteiger partial charge is 0.477 e. The predicted molar refractivity (Wildman–Crippen MR) is 69.8 cm³/mol. The number of thiophene rings is 1. The van der Waals surface area contributed by atoms with Crippen molar-refractivity contribution in [2.75, 3.05) is 27.7 Å². The van der Waals surface area contributed by atoms with Crippen molar-refractivity contribution in [3.63, 3.8) is 0 Å². The van der Waals surface area contributed by atoms with E-state index in [0.717, 1.165) is 15.6 Å². The molecule has 1 amide bonds. The fourth-order valence-electron chi connectivity index (χ4n) is 1.24. The molecule has 1 heterocycles. The molecule has 1 rings (SSSR count). The number of amides is 1. The number of hydrogen-bond acceptors (Lipinski definition) is 5. The zero-order valence-corrected chi connectivity index (χ0v) is 12.3. The molecule has 19 heavy (non-hydrogen) atoms. The van der Waals surface area contributed by atoms with Crippen LogP contribution in [-0.2, 0) is 14.8 Å². The average molecular weight is 306 g/mol. The highest BCUT2D eigenvalue weighted by Crippen LogP contribution is 2.24. The Bertz CT molecular complexity index is 591. The van der Waals surface area contributed by atoms with Gasteiger partial charge in [-0.25, -0.2) is 13.2 Å². The first kappa shape index (κ1) is 15.6. The van der Waals surface area contributed by atoms with Crippen LogP contribution in [0.4, 0.5) is 0 Å². The van der Waals surface area contributed by atoms with E-state index in [1.165, 1.54) is 37.5 Å². The lowest BCUT2D eigenvalue weighted by Gasteiger charge is -2.18. The first-order chi connectivity index (χ1) is 8.67. The monoisotopic (exact) mass is 306 g/mol. The number of hydrogen-bond donors (Lipinski definition) is 1. The van der Waals surface area contributed by atoms with Gasteiger partial charge < -0.3 is 10.0 Å². The highest BCUT2D eigenvalue weighted by atomic mass is 32.2. The van der Waals surface area contributed by atoms with E-state index < -0.39 is 21.9 Å².